The lowest BCUT2D eigenvalue weighted by Gasteiger charge is -2.24. The Hall–Kier alpha value is -2.49. The lowest BCUT2D eigenvalue weighted by Crippen LogP contribution is -2.32. The highest BCUT2D eigenvalue weighted by Crippen LogP contribution is 2.31. The van der Waals surface area contributed by atoms with Crippen LogP contribution in [0, 0.1) is 0 Å². The van der Waals surface area contributed by atoms with E-state index in [0.29, 0.717) is 12.5 Å². The van der Waals surface area contributed by atoms with Gasteiger partial charge in [-0.2, -0.15) is 0 Å². The quantitative estimate of drug-likeness (QED) is 0.807. The number of benzene rings is 2. The van der Waals surface area contributed by atoms with Crippen LogP contribution in [0.15, 0.2) is 48.5 Å². The summed E-state index contributed by atoms with van der Waals surface area (Å²) < 4.78 is 0. The number of carbonyl (C=O) groups is 1. The van der Waals surface area contributed by atoms with Crippen LogP contribution in [0.3, 0.4) is 0 Å². The van der Waals surface area contributed by atoms with E-state index in [9.17, 15) is 4.79 Å². The number of amides is 1. The Labute approximate surface area is 156 Å². The Bertz CT molecular complexity index is 737. The zero-order valence-corrected chi connectivity index (χ0v) is 16.0. The van der Waals surface area contributed by atoms with E-state index < -0.39 is 0 Å². The summed E-state index contributed by atoms with van der Waals surface area (Å²) in [6.45, 7) is 9.24. The van der Waals surface area contributed by atoms with Crippen LogP contribution in [-0.2, 0) is 11.2 Å². The summed E-state index contributed by atoms with van der Waals surface area (Å²) in [7, 11) is 0. The van der Waals surface area contributed by atoms with Gasteiger partial charge in [-0.3, -0.25) is 4.79 Å². The van der Waals surface area contributed by atoms with Crippen LogP contribution in [0.25, 0.3) is 0 Å². The molecule has 1 heterocycles. The van der Waals surface area contributed by atoms with Crippen LogP contribution < -0.4 is 15.1 Å². The lowest BCUT2D eigenvalue weighted by atomic mass is 10.1. The maximum atomic E-state index is 12.4. The van der Waals surface area contributed by atoms with E-state index in [-0.39, 0.29) is 5.91 Å². The smallest absolute Gasteiger partial charge is 0.226 e. The summed E-state index contributed by atoms with van der Waals surface area (Å²) in [5.41, 5.74) is 4.71. The van der Waals surface area contributed by atoms with Crippen molar-refractivity contribution < 1.29 is 4.79 Å². The molecule has 1 atom stereocenters. The molecule has 2 aromatic carbocycles. The zero-order chi connectivity index (χ0) is 18.5. The summed E-state index contributed by atoms with van der Waals surface area (Å²) in [5, 5.41) is 3.02. The zero-order valence-electron chi connectivity index (χ0n) is 16.0. The molecule has 4 nitrogen and oxygen atoms in total. The van der Waals surface area contributed by atoms with Crippen LogP contribution in [0.4, 0.5) is 17.1 Å². The molecular formula is C22H29N3O. The van der Waals surface area contributed by atoms with E-state index >= 15 is 0 Å². The number of fused-ring (bicyclic) bond motifs is 1. The number of para-hydroxylation sites is 1. The van der Waals surface area contributed by atoms with Gasteiger partial charge in [0, 0.05) is 49.2 Å². The topological polar surface area (TPSA) is 35.6 Å². The molecule has 0 fully saturated rings. The third-order valence-corrected chi connectivity index (χ3v) is 5.21. The second-order valence-electron chi connectivity index (χ2n) is 6.89. The highest BCUT2D eigenvalue weighted by molar-refractivity contribution is 5.91. The highest BCUT2D eigenvalue weighted by Gasteiger charge is 2.25. The number of nitrogens with zero attached hydrogens (tertiary/aromatic N) is 2. The number of nitrogens with one attached hydrogen (secondary N) is 1. The second-order valence-corrected chi connectivity index (χ2v) is 6.89. The summed E-state index contributed by atoms with van der Waals surface area (Å²) in [6.07, 6.45) is 1.56. The molecule has 1 N–H and O–H groups in total. The van der Waals surface area contributed by atoms with Gasteiger partial charge in [-0.05, 0) is 63.1 Å². The first kappa shape index (κ1) is 18.3. The standard InChI is InChI=1S/C22H29N3O/c1-4-24(5-2)20-12-10-19(11-13-20)23-22(26)14-15-25-17(3)16-18-8-6-7-9-21(18)25/h6-13,17H,4-5,14-16H2,1-3H3,(H,23,26). The van der Waals surface area contributed by atoms with Gasteiger partial charge in [0.1, 0.15) is 0 Å². The van der Waals surface area contributed by atoms with Crippen molar-refractivity contribution in [3.8, 4) is 0 Å². The van der Waals surface area contributed by atoms with Gasteiger partial charge in [-0.15, -0.1) is 0 Å². The fourth-order valence-corrected chi connectivity index (χ4v) is 3.76. The van der Waals surface area contributed by atoms with Crippen molar-refractivity contribution in [1.29, 1.82) is 0 Å². The number of hydrogen-bond acceptors (Lipinski definition) is 3. The van der Waals surface area contributed by atoms with E-state index in [1.54, 1.807) is 0 Å². The van der Waals surface area contributed by atoms with E-state index in [1.165, 1.54) is 16.9 Å². The molecule has 3 rings (SSSR count). The van der Waals surface area contributed by atoms with Crippen molar-refractivity contribution in [1.82, 2.24) is 0 Å². The summed E-state index contributed by atoms with van der Waals surface area (Å²) in [5.74, 6) is 0.0668. The van der Waals surface area contributed by atoms with Crippen molar-refractivity contribution in [3.63, 3.8) is 0 Å². The molecule has 0 aromatic heterocycles. The fraction of sp³-hybridized carbons (Fsp3) is 0.409. The molecule has 1 aliphatic heterocycles. The minimum absolute atomic E-state index is 0.0668. The SMILES string of the molecule is CCN(CC)c1ccc(NC(=O)CCN2c3ccccc3CC2C)cc1. The molecule has 0 aliphatic carbocycles. The van der Waals surface area contributed by atoms with Gasteiger partial charge < -0.3 is 15.1 Å². The molecule has 1 aliphatic rings. The predicted octanol–water partition coefficient (Wildman–Crippen LogP) is 4.31. The first-order chi connectivity index (χ1) is 12.6. The number of carbonyl (C=O) groups excluding carboxylic acids is 1. The lowest BCUT2D eigenvalue weighted by molar-refractivity contribution is -0.116. The molecule has 0 spiro atoms. The van der Waals surface area contributed by atoms with Crippen molar-refractivity contribution in [2.24, 2.45) is 0 Å². The number of rotatable bonds is 7. The van der Waals surface area contributed by atoms with Gasteiger partial charge in [0.2, 0.25) is 5.91 Å². The molecule has 2 aromatic rings. The second kappa shape index (κ2) is 8.26. The van der Waals surface area contributed by atoms with Crippen molar-refractivity contribution in [2.75, 3.05) is 34.8 Å². The van der Waals surface area contributed by atoms with Crippen LogP contribution >= 0.6 is 0 Å². The summed E-state index contributed by atoms with van der Waals surface area (Å²) in [6, 6.07) is 17.1. The van der Waals surface area contributed by atoms with Crippen LogP contribution in [0.2, 0.25) is 0 Å². The summed E-state index contributed by atoms with van der Waals surface area (Å²) >= 11 is 0. The first-order valence-electron chi connectivity index (χ1n) is 9.61. The largest absolute Gasteiger partial charge is 0.372 e. The number of anilines is 3. The molecule has 1 unspecified atom stereocenters. The van der Waals surface area contributed by atoms with E-state index in [4.69, 9.17) is 0 Å². The summed E-state index contributed by atoms with van der Waals surface area (Å²) in [4.78, 5) is 17.0. The molecule has 4 heteroatoms. The predicted molar refractivity (Wildman–Crippen MR) is 110 cm³/mol. The highest BCUT2D eigenvalue weighted by atomic mass is 16.1. The van der Waals surface area contributed by atoms with Crippen LogP contribution in [0.5, 0.6) is 0 Å². The maximum absolute atomic E-state index is 12.4. The molecular weight excluding hydrogens is 322 g/mol. The maximum Gasteiger partial charge on any atom is 0.226 e. The average Bonchev–Trinajstić information content (AvgIpc) is 2.97. The molecule has 26 heavy (non-hydrogen) atoms. The molecule has 1 amide bonds. The van der Waals surface area contributed by atoms with Crippen molar-refractivity contribution in [3.05, 3.63) is 54.1 Å². The fourth-order valence-electron chi connectivity index (χ4n) is 3.76. The van der Waals surface area contributed by atoms with Gasteiger partial charge in [0.15, 0.2) is 0 Å². The van der Waals surface area contributed by atoms with Gasteiger partial charge in [0.25, 0.3) is 0 Å². The molecule has 0 saturated carbocycles. The van der Waals surface area contributed by atoms with E-state index in [0.717, 1.165) is 31.7 Å². The third kappa shape index (κ3) is 4.01. The van der Waals surface area contributed by atoms with Gasteiger partial charge in [-0.25, -0.2) is 0 Å². The minimum Gasteiger partial charge on any atom is -0.372 e. The Morgan fingerprint density at radius 3 is 2.50 bits per heavy atom. The average molecular weight is 351 g/mol. The van der Waals surface area contributed by atoms with Crippen molar-refractivity contribution >= 4 is 23.0 Å². The third-order valence-electron chi connectivity index (χ3n) is 5.21. The first-order valence-corrected chi connectivity index (χ1v) is 9.61. The van der Waals surface area contributed by atoms with Gasteiger partial charge in [0.05, 0.1) is 0 Å². The Kier molecular flexibility index (Phi) is 5.82. The van der Waals surface area contributed by atoms with Gasteiger partial charge >= 0.3 is 0 Å². The van der Waals surface area contributed by atoms with Gasteiger partial charge in [-0.1, -0.05) is 18.2 Å². The monoisotopic (exact) mass is 351 g/mol. The van der Waals surface area contributed by atoms with Crippen LogP contribution in [-0.4, -0.2) is 31.6 Å². The van der Waals surface area contributed by atoms with E-state index in [2.05, 4.69) is 72.3 Å². The van der Waals surface area contributed by atoms with Crippen molar-refractivity contribution in [2.45, 2.75) is 39.7 Å². The Morgan fingerprint density at radius 2 is 1.81 bits per heavy atom. The van der Waals surface area contributed by atoms with E-state index in [1.807, 2.05) is 12.1 Å². The molecule has 0 radical (unpaired) electrons. The Balaban J connectivity index is 1.55. The molecule has 0 saturated heterocycles. The number of hydrogen-bond donors (Lipinski definition) is 1. The van der Waals surface area contributed by atoms with Crippen LogP contribution in [0.1, 0.15) is 32.8 Å². The molecule has 138 valence electrons. The Morgan fingerprint density at radius 1 is 1.12 bits per heavy atom. The molecule has 0 bridgehead atoms. The normalized spacial score (nSPS) is 15.7. The minimum atomic E-state index is 0.0668.